The summed E-state index contributed by atoms with van der Waals surface area (Å²) in [6.45, 7) is 5.26. The van der Waals surface area contributed by atoms with Crippen LogP contribution in [-0.4, -0.2) is 48.5 Å². The number of piperidine rings is 1. The third kappa shape index (κ3) is 2.92. The second-order valence-electron chi connectivity index (χ2n) is 5.73. The summed E-state index contributed by atoms with van der Waals surface area (Å²) in [5.74, 6) is 0.192. The molecule has 0 aromatic heterocycles. The van der Waals surface area contributed by atoms with Gasteiger partial charge in [-0.15, -0.1) is 0 Å². The summed E-state index contributed by atoms with van der Waals surface area (Å²) in [6, 6.07) is -0.107. The molecular weight excluding hydrogens is 276 g/mol. The van der Waals surface area contributed by atoms with Crippen LogP contribution in [0.1, 0.15) is 52.4 Å². The molecular formula is C14H26N2O3S. The molecule has 2 fully saturated rings. The van der Waals surface area contributed by atoms with Crippen LogP contribution in [0.5, 0.6) is 0 Å². The lowest BCUT2D eigenvalue weighted by molar-refractivity contribution is -0.122. The summed E-state index contributed by atoms with van der Waals surface area (Å²) in [7, 11) is -3.42. The van der Waals surface area contributed by atoms with E-state index in [4.69, 9.17) is 0 Å². The Labute approximate surface area is 122 Å². The molecule has 116 valence electrons. The molecule has 20 heavy (non-hydrogen) atoms. The van der Waals surface area contributed by atoms with Crippen molar-refractivity contribution in [3.05, 3.63) is 0 Å². The summed E-state index contributed by atoms with van der Waals surface area (Å²) >= 11 is 0. The van der Waals surface area contributed by atoms with Gasteiger partial charge in [-0.3, -0.25) is 4.79 Å². The summed E-state index contributed by atoms with van der Waals surface area (Å²) in [5, 5.41) is 0. The minimum Gasteiger partial charge on any atom is -0.299 e. The predicted molar refractivity (Wildman–Crippen MR) is 78.5 cm³/mol. The largest absolute Gasteiger partial charge is 0.299 e. The van der Waals surface area contributed by atoms with Crippen molar-refractivity contribution < 1.29 is 13.2 Å². The molecule has 0 N–H and O–H groups in total. The molecule has 0 aromatic carbocycles. The smallest absolute Gasteiger partial charge is 0.282 e. The molecule has 0 amide bonds. The normalized spacial score (nSPS) is 29.2. The highest BCUT2D eigenvalue weighted by Gasteiger charge is 2.42. The molecule has 0 radical (unpaired) electrons. The van der Waals surface area contributed by atoms with E-state index < -0.39 is 10.2 Å². The predicted octanol–water partition coefficient (Wildman–Crippen LogP) is 1.80. The maximum absolute atomic E-state index is 12.8. The summed E-state index contributed by atoms with van der Waals surface area (Å²) < 4.78 is 28.7. The lowest BCUT2D eigenvalue weighted by Gasteiger charge is -2.39. The van der Waals surface area contributed by atoms with Crippen molar-refractivity contribution in [2.75, 3.05) is 19.6 Å². The Morgan fingerprint density at radius 3 is 2.40 bits per heavy atom. The number of hydrogen-bond acceptors (Lipinski definition) is 3. The van der Waals surface area contributed by atoms with Crippen LogP contribution >= 0.6 is 0 Å². The molecule has 6 heteroatoms. The zero-order valence-corrected chi connectivity index (χ0v) is 13.4. The molecule has 1 saturated heterocycles. The number of Topliss-reactive ketones (excluding diaryl/α,β-unsaturated/α-hetero) is 1. The molecule has 0 aromatic rings. The van der Waals surface area contributed by atoms with Crippen LogP contribution in [0.2, 0.25) is 0 Å². The van der Waals surface area contributed by atoms with Crippen molar-refractivity contribution >= 4 is 16.0 Å². The van der Waals surface area contributed by atoms with Gasteiger partial charge >= 0.3 is 0 Å². The molecule has 1 aliphatic heterocycles. The zero-order valence-electron chi connectivity index (χ0n) is 12.5. The molecule has 2 rings (SSSR count). The van der Waals surface area contributed by atoms with Gasteiger partial charge < -0.3 is 0 Å². The number of hydrogen-bond donors (Lipinski definition) is 0. The molecule has 0 bridgehead atoms. The zero-order chi connectivity index (χ0) is 14.8. The third-order valence-corrected chi connectivity index (χ3v) is 6.86. The first-order valence-electron chi connectivity index (χ1n) is 7.82. The Balaban J connectivity index is 2.24. The average Bonchev–Trinajstić information content (AvgIpc) is 2.86. The van der Waals surface area contributed by atoms with E-state index in [2.05, 4.69) is 0 Å². The molecule has 0 spiro atoms. The Morgan fingerprint density at radius 1 is 1.15 bits per heavy atom. The minimum absolute atomic E-state index is 0.0689. The first-order valence-corrected chi connectivity index (χ1v) is 9.21. The van der Waals surface area contributed by atoms with Crippen molar-refractivity contribution in [2.45, 2.75) is 58.4 Å². The van der Waals surface area contributed by atoms with Crippen LogP contribution in [0.15, 0.2) is 0 Å². The standard InChI is InChI=1S/C14H26N2O3S/c1-3-15(4-2)20(18,19)16-11-6-5-9-13(16)12-8-7-10-14(12)17/h12-13H,3-11H2,1-2H3. The van der Waals surface area contributed by atoms with E-state index >= 15 is 0 Å². The van der Waals surface area contributed by atoms with E-state index in [-0.39, 0.29) is 17.7 Å². The van der Waals surface area contributed by atoms with Gasteiger partial charge in [0, 0.05) is 38.0 Å². The van der Waals surface area contributed by atoms with E-state index in [1.54, 1.807) is 4.31 Å². The SMILES string of the molecule is CCN(CC)S(=O)(=O)N1CCCCC1C1CCCC1=O. The lowest BCUT2D eigenvalue weighted by atomic mass is 9.90. The second-order valence-corrected chi connectivity index (χ2v) is 7.61. The van der Waals surface area contributed by atoms with Gasteiger partial charge in [0.25, 0.3) is 10.2 Å². The fraction of sp³-hybridized carbons (Fsp3) is 0.929. The van der Waals surface area contributed by atoms with Crippen molar-refractivity contribution in [2.24, 2.45) is 5.92 Å². The van der Waals surface area contributed by atoms with Gasteiger partial charge in [-0.25, -0.2) is 0 Å². The van der Waals surface area contributed by atoms with E-state index in [1.165, 1.54) is 4.31 Å². The van der Waals surface area contributed by atoms with Gasteiger partial charge in [0.05, 0.1) is 0 Å². The molecule has 2 unspecified atom stereocenters. The number of ketones is 1. The Kier molecular flexibility index (Phi) is 5.20. The number of carbonyl (C=O) groups is 1. The van der Waals surface area contributed by atoms with Crippen LogP contribution in [0.4, 0.5) is 0 Å². The van der Waals surface area contributed by atoms with E-state index in [0.717, 1.165) is 32.1 Å². The van der Waals surface area contributed by atoms with Gasteiger partial charge in [-0.05, 0) is 25.7 Å². The van der Waals surface area contributed by atoms with E-state index in [9.17, 15) is 13.2 Å². The van der Waals surface area contributed by atoms with Crippen molar-refractivity contribution in [3.8, 4) is 0 Å². The Bertz CT molecular complexity index is 445. The molecule has 1 heterocycles. The van der Waals surface area contributed by atoms with Crippen molar-refractivity contribution in [1.29, 1.82) is 0 Å². The van der Waals surface area contributed by atoms with Crippen LogP contribution in [-0.2, 0) is 15.0 Å². The van der Waals surface area contributed by atoms with Gasteiger partial charge in [0.2, 0.25) is 0 Å². The number of nitrogens with zero attached hydrogens (tertiary/aromatic N) is 2. The van der Waals surface area contributed by atoms with Crippen molar-refractivity contribution in [3.63, 3.8) is 0 Å². The first-order chi connectivity index (χ1) is 9.52. The lowest BCUT2D eigenvalue weighted by Crippen LogP contribution is -2.53. The quantitative estimate of drug-likeness (QED) is 0.778. The van der Waals surface area contributed by atoms with E-state index in [0.29, 0.717) is 26.1 Å². The fourth-order valence-electron chi connectivity index (χ4n) is 3.57. The molecule has 1 saturated carbocycles. The van der Waals surface area contributed by atoms with Crippen molar-refractivity contribution in [1.82, 2.24) is 8.61 Å². The highest BCUT2D eigenvalue weighted by atomic mass is 32.2. The summed E-state index contributed by atoms with van der Waals surface area (Å²) in [5.41, 5.74) is 0. The molecule has 2 atom stereocenters. The van der Waals surface area contributed by atoms with Crippen LogP contribution in [0.3, 0.4) is 0 Å². The van der Waals surface area contributed by atoms with E-state index in [1.807, 2.05) is 13.8 Å². The van der Waals surface area contributed by atoms with Crippen LogP contribution in [0.25, 0.3) is 0 Å². The number of rotatable bonds is 5. The highest BCUT2D eigenvalue weighted by Crippen LogP contribution is 2.34. The molecule has 2 aliphatic rings. The Hall–Kier alpha value is -0.460. The van der Waals surface area contributed by atoms with Crippen LogP contribution in [0, 0.1) is 5.92 Å². The highest BCUT2D eigenvalue weighted by molar-refractivity contribution is 7.86. The first kappa shape index (κ1) is 15.9. The summed E-state index contributed by atoms with van der Waals surface area (Å²) in [4.78, 5) is 12.0. The summed E-state index contributed by atoms with van der Waals surface area (Å²) in [6.07, 6.45) is 5.15. The van der Waals surface area contributed by atoms with Gasteiger partial charge in [0.1, 0.15) is 5.78 Å². The third-order valence-electron chi connectivity index (χ3n) is 4.64. The maximum atomic E-state index is 12.8. The topological polar surface area (TPSA) is 57.7 Å². The monoisotopic (exact) mass is 302 g/mol. The fourth-order valence-corrected chi connectivity index (χ4v) is 5.47. The Morgan fingerprint density at radius 2 is 1.85 bits per heavy atom. The van der Waals surface area contributed by atoms with Crippen LogP contribution < -0.4 is 0 Å². The average molecular weight is 302 g/mol. The molecule has 5 nitrogen and oxygen atoms in total. The minimum atomic E-state index is -3.42. The number of carbonyl (C=O) groups excluding carboxylic acids is 1. The maximum Gasteiger partial charge on any atom is 0.282 e. The molecule has 1 aliphatic carbocycles. The van der Waals surface area contributed by atoms with Gasteiger partial charge in [0.15, 0.2) is 0 Å². The second kappa shape index (κ2) is 6.54. The van der Waals surface area contributed by atoms with Gasteiger partial charge in [-0.1, -0.05) is 20.3 Å². The van der Waals surface area contributed by atoms with Gasteiger partial charge in [-0.2, -0.15) is 17.0 Å².